The molecule has 6 rings (SSSR count). The van der Waals surface area contributed by atoms with Crippen LogP contribution in [0, 0.1) is 17.5 Å². The van der Waals surface area contributed by atoms with E-state index in [1.807, 2.05) is 0 Å². The van der Waals surface area contributed by atoms with Crippen molar-refractivity contribution in [2.45, 2.75) is 6.54 Å². The standard InChI is InChI=1S/C25H24F3N9O/c26-15-2-1-3-16(12-15)37-14-31-22-23(30-13-19-32-18-5-4-17(27)20(28)21(18)33-19)34-25(35-24(22)37)29-6-7-36-8-10-38-11-9-36/h1-5,12,14H,6-11,13H2,(H,32,33)(H2,29,30,34,35). The second kappa shape index (κ2) is 10.3. The van der Waals surface area contributed by atoms with E-state index in [-0.39, 0.29) is 17.9 Å². The maximum Gasteiger partial charge on any atom is 0.226 e. The average Bonchev–Trinajstić information content (AvgIpc) is 3.55. The molecule has 13 heteroatoms. The van der Waals surface area contributed by atoms with Crippen molar-refractivity contribution in [3.8, 4) is 5.69 Å². The zero-order valence-electron chi connectivity index (χ0n) is 20.2. The van der Waals surface area contributed by atoms with Crippen LogP contribution >= 0.6 is 0 Å². The van der Waals surface area contributed by atoms with Crippen molar-refractivity contribution in [3.63, 3.8) is 0 Å². The highest BCUT2D eigenvalue weighted by molar-refractivity contribution is 5.85. The van der Waals surface area contributed by atoms with Crippen molar-refractivity contribution in [2.75, 3.05) is 50.0 Å². The molecule has 2 aromatic carbocycles. The monoisotopic (exact) mass is 523 g/mol. The Morgan fingerprint density at radius 1 is 0.974 bits per heavy atom. The van der Waals surface area contributed by atoms with Crippen LogP contribution in [0.2, 0.25) is 0 Å². The maximum absolute atomic E-state index is 14.1. The summed E-state index contributed by atoms with van der Waals surface area (Å²) >= 11 is 0. The Morgan fingerprint density at radius 2 is 1.84 bits per heavy atom. The first-order valence-corrected chi connectivity index (χ1v) is 12.2. The first-order chi connectivity index (χ1) is 18.5. The number of hydrogen-bond acceptors (Lipinski definition) is 8. The van der Waals surface area contributed by atoms with Crippen LogP contribution in [-0.4, -0.2) is 73.8 Å². The predicted molar refractivity (Wildman–Crippen MR) is 136 cm³/mol. The predicted octanol–water partition coefficient (Wildman–Crippen LogP) is 3.47. The molecule has 0 aliphatic carbocycles. The number of rotatable bonds is 8. The number of imidazole rings is 2. The summed E-state index contributed by atoms with van der Waals surface area (Å²) < 4.78 is 48.8. The summed E-state index contributed by atoms with van der Waals surface area (Å²) in [5, 5.41) is 6.44. The number of aromatic amines is 1. The van der Waals surface area contributed by atoms with Gasteiger partial charge in [-0.25, -0.2) is 23.1 Å². The molecule has 0 amide bonds. The van der Waals surface area contributed by atoms with E-state index in [4.69, 9.17) is 4.74 Å². The molecule has 1 saturated heterocycles. The fraction of sp³-hybridized carbons (Fsp3) is 0.280. The van der Waals surface area contributed by atoms with Crippen molar-refractivity contribution in [1.82, 2.24) is 34.4 Å². The lowest BCUT2D eigenvalue weighted by Gasteiger charge is -2.26. The molecule has 0 saturated carbocycles. The van der Waals surface area contributed by atoms with Gasteiger partial charge in [0.15, 0.2) is 28.6 Å². The van der Waals surface area contributed by atoms with Gasteiger partial charge in [-0.1, -0.05) is 6.07 Å². The SMILES string of the molecule is Fc1cccc(-n2cnc3c(NCc4nc5c(F)c(F)ccc5[nH]4)nc(NCCN4CCOCC4)nc32)c1. The van der Waals surface area contributed by atoms with Crippen molar-refractivity contribution >= 4 is 34.0 Å². The number of anilines is 2. The minimum atomic E-state index is -1.00. The number of H-pyrrole nitrogens is 1. The normalized spacial score (nSPS) is 14.4. The van der Waals surface area contributed by atoms with Gasteiger partial charge < -0.3 is 20.4 Å². The number of nitrogens with one attached hydrogen (secondary N) is 3. The molecule has 5 aromatic rings. The Kier molecular flexibility index (Phi) is 6.52. The second-order valence-corrected chi connectivity index (χ2v) is 8.84. The molecule has 196 valence electrons. The van der Waals surface area contributed by atoms with Gasteiger partial charge in [-0.3, -0.25) is 9.47 Å². The van der Waals surface area contributed by atoms with E-state index in [2.05, 4.69) is 40.5 Å². The number of halogens is 3. The van der Waals surface area contributed by atoms with Crippen molar-refractivity contribution in [2.24, 2.45) is 0 Å². The number of fused-ring (bicyclic) bond motifs is 2. The Labute approximate surface area is 214 Å². The molecule has 38 heavy (non-hydrogen) atoms. The third-order valence-corrected chi connectivity index (χ3v) is 6.32. The first-order valence-electron chi connectivity index (χ1n) is 12.2. The Bertz CT molecular complexity index is 1600. The summed E-state index contributed by atoms with van der Waals surface area (Å²) in [7, 11) is 0. The molecule has 0 atom stereocenters. The van der Waals surface area contributed by atoms with E-state index >= 15 is 0 Å². The van der Waals surface area contributed by atoms with Crippen LogP contribution in [0.3, 0.4) is 0 Å². The molecule has 4 heterocycles. The van der Waals surface area contributed by atoms with Gasteiger partial charge in [0.2, 0.25) is 5.95 Å². The summed E-state index contributed by atoms with van der Waals surface area (Å²) in [6, 6.07) is 8.61. The van der Waals surface area contributed by atoms with E-state index in [1.54, 1.807) is 23.0 Å². The van der Waals surface area contributed by atoms with E-state index < -0.39 is 11.6 Å². The molecule has 1 fully saturated rings. The van der Waals surface area contributed by atoms with E-state index in [0.717, 1.165) is 25.7 Å². The van der Waals surface area contributed by atoms with Gasteiger partial charge in [-0.15, -0.1) is 0 Å². The zero-order chi connectivity index (χ0) is 26.1. The fourth-order valence-electron chi connectivity index (χ4n) is 4.39. The smallest absolute Gasteiger partial charge is 0.226 e. The van der Waals surface area contributed by atoms with E-state index in [0.29, 0.717) is 59.7 Å². The third kappa shape index (κ3) is 4.85. The Morgan fingerprint density at radius 3 is 2.68 bits per heavy atom. The van der Waals surface area contributed by atoms with Crippen LogP contribution in [0.4, 0.5) is 24.9 Å². The molecule has 3 N–H and O–H groups in total. The molecule has 1 aliphatic heterocycles. The van der Waals surface area contributed by atoms with Crippen molar-refractivity contribution in [1.29, 1.82) is 0 Å². The molecular formula is C25H24F3N9O. The van der Waals surface area contributed by atoms with Gasteiger partial charge in [0, 0.05) is 26.2 Å². The number of hydrogen-bond donors (Lipinski definition) is 3. The van der Waals surface area contributed by atoms with Gasteiger partial charge in [0.05, 0.1) is 31.0 Å². The molecule has 1 aliphatic rings. The summed E-state index contributed by atoms with van der Waals surface area (Å²) in [5.41, 5.74) is 1.80. The van der Waals surface area contributed by atoms with Crippen LogP contribution in [-0.2, 0) is 11.3 Å². The molecular weight excluding hydrogens is 499 g/mol. The Hall–Kier alpha value is -4.23. The zero-order valence-corrected chi connectivity index (χ0v) is 20.2. The summed E-state index contributed by atoms with van der Waals surface area (Å²) in [5.74, 6) is -1.18. The highest BCUT2D eigenvalue weighted by Crippen LogP contribution is 2.25. The summed E-state index contributed by atoms with van der Waals surface area (Å²) in [6.45, 7) is 4.68. The second-order valence-electron chi connectivity index (χ2n) is 8.84. The highest BCUT2D eigenvalue weighted by atomic mass is 19.2. The van der Waals surface area contributed by atoms with Gasteiger partial charge in [0.25, 0.3) is 0 Å². The lowest BCUT2D eigenvalue weighted by molar-refractivity contribution is 0.0398. The molecule has 0 radical (unpaired) electrons. The largest absolute Gasteiger partial charge is 0.379 e. The van der Waals surface area contributed by atoms with E-state index in [1.165, 1.54) is 18.2 Å². The molecule has 0 spiro atoms. The number of nitrogens with zero attached hydrogens (tertiary/aromatic N) is 6. The first kappa shape index (κ1) is 24.1. The topological polar surface area (TPSA) is 109 Å². The van der Waals surface area contributed by atoms with Gasteiger partial charge >= 0.3 is 0 Å². The van der Waals surface area contributed by atoms with Gasteiger partial charge in [0.1, 0.15) is 23.5 Å². The third-order valence-electron chi connectivity index (χ3n) is 6.32. The number of aromatic nitrogens is 6. The van der Waals surface area contributed by atoms with Gasteiger partial charge in [-0.05, 0) is 30.3 Å². The lowest BCUT2D eigenvalue weighted by Crippen LogP contribution is -2.39. The van der Waals surface area contributed by atoms with Crippen LogP contribution in [0.15, 0.2) is 42.7 Å². The molecule has 0 bridgehead atoms. The fourth-order valence-corrected chi connectivity index (χ4v) is 4.39. The average molecular weight is 524 g/mol. The lowest BCUT2D eigenvalue weighted by atomic mass is 10.3. The van der Waals surface area contributed by atoms with Crippen LogP contribution in [0.1, 0.15) is 5.82 Å². The molecule has 3 aromatic heterocycles. The van der Waals surface area contributed by atoms with Crippen LogP contribution < -0.4 is 10.6 Å². The Balaban J connectivity index is 1.30. The van der Waals surface area contributed by atoms with Crippen molar-refractivity contribution < 1.29 is 17.9 Å². The van der Waals surface area contributed by atoms with Crippen LogP contribution in [0.5, 0.6) is 0 Å². The summed E-state index contributed by atoms with van der Waals surface area (Å²) in [6.07, 6.45) is 1.55. The molecule has 0 unspecified atom stereocenters. The highest BCUT2D eigenvalue weighted by Gasteiger charge is 2.17. The summed E-state index contributed by atoms with van der Waals surface area (Å²) in [4.78, 5) is 23.2. The minimum Gasteiger partial charge on any atom is -0.379 e. The molecule has 10 nitrogen and oxygen atoms in total. The van der Waals surface area contributed by atoms with Gasteiger partial charge in [-0.2, -0.15) is 9.97 Å². The van der Waals surface area contributed by atoms with Crippen LogP contribution in [0.25, 0.3) is 27.9 Å². The van der Waals surface area contributed by atoms with E-state index in [9.17, 15) is 13.2 Å². The van der Waals surface area contributed by atoms with Crippen molar-refractivity contribution in [3.05, 3.63) is 66.0 Å². The number of benzene rings is 2. The quantitative estimate of drug-likeness (QED) is 0.284. The maximum atomic E-state index is 14.1. The minimum absolute atomic E-state index is 0.0736. The number of morpholine rings is 1. The number of ether oxygens (including phenoxy) is 1.